The Morgan fingerprint density at radius 3 is 2.62 bits per heavy atom. The van der Waals surface area contributed by atoms with Crippen molar-refractivity contribution in [2.24, 2.45) is 0 Å². The Hall–Kier alpha value is -2.53. The predicted octanol–water partition coefficient (Wildman–Crippen LogP) is 3.27. The summed E-state index contributed by atoms with van der Waals surface area (Å²) < 4.78 is 5.54. The monoisotopic (exact) mass is 372 g/mol. The fraction of sp³-hybridized carbons (Fsp3) is 0.300. The van der Waals surface area contributed by atoms with Crippen molar-refractivity contribution >= 4 is 23.4 Å². The second-order valence-corrected chi connectivity index (χ2v) is 6.56. The van der Waals surface area contributed by atoms with E-state index in [1.165, 1.54) is 0 Å². The highest BCUT2D eigenvalue weighted by atomic mass is 35.5. The van der Waals surface area contributed by atoms with E-state index in [4.69, 9.17) is 16.3 Å². The molecule has 3 rings (SSSR count). The molecule has 2 aromatic carbocycles. The lowest BCUT2D eigenvalue weighted by molar-refractivity contribution is -0.128. The van der Waals surface area contributed by atoms with Crippen LogP contribution in [0.3, 0.4) is 0 Å². The number of hydrogen-bond acceptors (Lipinski definition) is 3. The first kappa shape index (κ1) is 18.3. The maximum absolute atomic E-state index is 12.2. The lowest BCUT2D eigenvalue weighted by atomic mass is 10.1. The second-order valence-electron chi connectivity index (χ2n) is 6.15. The molecule has 2 aromatic rings. The van der Waals surface area contributed by atoms with Gasteiger partial charge in [-0.2, -0.15) is 0 Å². The summed E-state index contributed by atoms with van der Waals surface area (Å²) in [6, 6.07) is 14.6. The Kier molecular flexibility index (Phi) is 6.12. The fourth-order valence-electron chi connectivity index (χ4n) is 2.84. The van der Waals surface area contributed by atoms with Gasteiger partial charge in [0.15, 0.2) is 0 Å². The molecule has 5 nitrogen and oxygen atoms in total. The standard InChI is InChI=1S/C20H21ClN2O3/c21-17-4-1-2-5-18(17)26-13-11-22-20(25)16-9-7-15(8-10-16)14-23-12-3-6-19(23)24/h1-2,4-5,7-10H,3,6,11-14H2,(H,22,25). The first-order chi connectivity index (χ1) is 12.6. The number of amides is 2. The second kappa shape index (κ2) is 8.72. The highest BCUT2D eigenvalue weighted by molar-refractivity contribution is 6.32. The zero-order valence-electron chi connectivity index (χ0n) is 14.4. The molecule has 1 saturated heterocycles. The number of hydrogen-bond donors (Lipinski definition) is 1. The molecule has 136 valence electrons. The van der Waals surface area contributed by atoms with Crippen molar-refractivity contribution in [3.63, 3.8) is 0 Å². The van der Waals surface area contributed by atoms with E-state index in [1.807, 2.05) is 29.2 Å². The maximum atomic E-state index is 12.2. The van der Waals surface area contributed by atoms with Crippen molar-refractivity contribution in [1.29, 1.82) is 0 Å². The largest absolute Gasteiger partial charge is 0.490 e. The molecule has 0 bridgehead atoms. The number of nitrogens with zero attached hydrogens (tertiary/aromatic N) is 1. The number of likely N-dealkylation sites (tertiary alicyclic amines) is 1. The van der Waals surface area contributed by atoms with Crippen molar-refractivity contribution in [1.82, 2.24) is 10.2 Å². The fourth-order valence-corrected chi connectivity index (χ4v) is 3.03. The molecule has 1 heterocycles. The van der Waals surface area contributed by atoms with E-state index in [2.05, 4.69) is 5.32 Å². The lowest BCUT2D eigenvalue weighted by Crippen LogP contribution is -2.28. The molecule has 0 aliphatic carbocycles. The highest BCUT2D eigenvalue weighted by Gasteiger charge is 2.19. The molecule has 1 aliphatic rings. The first-order valence-corrected chi connectivity index (χ1v) is 9.03. The molecule has 0 aromatic heterocycles. The number of para-hydroxylation sites is 1. The summed E-state index contributed by atoms with van der Waals surface area (Å²) in [6.45, 7) is 2.14. The van der Waals surface area contributed by atoms with Crippen molar-refractivity contribution in [2.45, 2.75) is 19.4 Å². The van der Waals surface area contributed by atoms with Gasteiger partial charge in [-0.1, -0.05) is 35.9 Å². The molecule has 1 aliphatic heterocycles. The smallest absolute Gasteiger partial charge is 0.251 e. The minimum absolute atomic E-state index is 0.156. The quantitative estimate of drug-likeness (QED) is 0.759. The predicted molar refractivity (Wildman–Crippen MR) is 100 cm³/mol. The molecule has 26 heavy (non-hydrogen) atoms. The molecular formula is C20H21ClN2O3. The summed E-state index contributed by atoms with van der Waals surface area (Å²) in [5.41, 5.74) is 1.61. The lowest BCUT2D eigenvalue weighted by Gasteiger charge is -2.15. The molecule has 1 N–H and O–H groups in total. The van der Waals surface area contributed by atoms with Crippen LogP contribution in [0.5, 0.6) is 5.75 Å². The molecular weight excluding hydrogens is 352 g/mol. The average Bonchev–Trinajstić information content (AvgIpc) is 3.05. The Morgan fingerprint density at radius 1 is 1.15 bits per heavy atom. The zero-order chi connectivity index (χ0) is 18.4. The summed E-state index contributed by atoms with van der Waals surface area (Å²) in [5, 5.41) is 3.36. The minimum atomic E-state index is -0.156. The number of rotatable bonds is 7. The van der Waals surface area contributed by atoms with Crippen LogP contribution in [0.1, 0.15) is 28.8 Å². The average molecular weight is 373 g/mol. The van der Waals surface area contributed by atoms with Gasteiger partial charge in [-0.25, -0.2) is 0 Å². The zero-order valence-corrected chi connectivity index (χ0v) is 15.2. The van der Waals surface area contributed by atoms with E-state index >= 15 is 0 Å². The topological polar surface area (TPSA) is 58.6 Å². The Morgan fingerprint density at radius 2 is 1.92 bits per heavy atom. The van der Waals surface area contributed by atoms with Gasteiger partial charge in [0.2, 0.25) is 5.91 Å². The van der Waals surface area contributed by atoms with Gasteiger partial charge in [0.25, 0.3) is 5.91 Å². The third-order valence-electron chi connectivity index (χ3n) is 4.24. The van der Waals surface area contributed by atoms with Crippen LogP contribution in [0.25, 0.3) is 0 Å². The van der Waals surface area contributed by atoms with Gasteiger partial charge in [-0.3, -0.25) is 9.59 Å². The normalized spacial score (nSPS) is 13.7. The summed E-state index contributed by atoms with van der Waals surface area (Å²) in [4.78, 5) is 25.7. The third kappa shape index (κ3) is 4.76. The molecule has 0 spiro atoms. The number of carbonyl (C=O) groups excluding carboxylic acids is 2. The molecule has 6 heteroatoms. The summed E-state index contributed by atoms with van der Waals surface area (Å²) >= 11 is 6.01. The Labute approximate surface area is 157 Å². The van der Waals surface area contributed by atoms with Crippen LogP contribution in [-0.2, 0) is 11.3 Å². The number of halogens is 1. The van der Waals surface area contributed by atoms with Crippen LogP contribution < -0.4 is 10.1 Å². The van der Waals surface area contributed by atoms with Crippen molar-refractivity contribution < 1.29 is 14.3 Å². The van der Waals surface area contributed by atoms with E-state index in [0.717, 1.165) is 18.5 Å². The highest BCUT2D eigenvalue weighted by Crippen LogP contribution is 2.22. The summed E-state index contributed by atoms with van der Waals surface area (Å²) in [5.74, 6) is 0.645. The van der Waals surface area contributed by atoms with E-state index in [9.17, 15) is 9.59 Å². The molecule has 0 radical (unpaired) electrons. The van der Waals surface area contributed by atoms with E-state index in [1.54, 1.807) is 24.3 Å². The van der Waals surface area contributed by atoms with Crippen molar-refractivity contribution in [3.8, 4) is 5.75 Å². The van der Waals surface area contributed by atoms with Crippen molar-refractivity contribution in [2.75, 3.05) is 19.7 Å². The van der Waals surface area contributed by atoms with E-state index in [0.29, 0.717) is 42.5 Å². The number of benzene rings is 2. The first-order valence-electron chi connectivity index (χ1n) is 8.66. The SMILES string of the molecule is O=C(NCCOc1ccccc1Cl)c1ccc(CN2CCCC2=O)cc1. The van der Waals surface area contributed by atoms with Crippen LogP contribution >= 0.6 is 11.6 Å². The van der Waals surface area contributed by atoms with E-state index < -0.39 is 0 Å². The van der Waals surface area contributed by atoms with Gasteiger partial charge in [0.05, 0.1) is 11.6 Å². The Balaban J connectivity index is 1.44. The van der Waals surface area contributed by atoms with Gasteiger partial charge in [0, 0.05) is 25.1 Å². The van der Waals surface area contributed by atoms with Gasteiger partial charge in [-0.05, 0) is 36.2 Å². The van der Waals surface area contributed by atoms with Crippen LogP contribution in [0.2, 0.25) is 5.02 Å². The molecule has 0 saturated carbocycles. The van der Waals surface area contributed by atoms with E-state index in [-0.39, 0.29) is 11.8 Å². The minimum Gasteiger partial charge on any atom is -0.490 e. The third-order valence-corrected chi connectivity index (χ3v) is 4.56. The van der Waals surface area contributed by atoms with Gasteiger partial charge < -0.3 is 15.0 Å². The molecule has 1 fully saturated rings. The number of nitrogens with one attached hydrogen (secondary N) is 1. The van der Waals surface area contributed by atoms with Gasteiger partial charge >= 0.3 is 0 Å². The molecule has 2 amide bonds. The van der Waals surface area contributed by atoms with Crippen molar-refractivity contribution in [3.05, 3.63) is 64.7 Å². The number of ether oxygens (including phenoxy) is 1. The Bertz CT molecular complexity index is 777. The van der Waals surface area contributed by atoms with Gasteiger partial charge in [0.1, 0.15) is 12.4 Å². The van der Waals surface area contributed by atoms with Gasteiger partial charge in [-0.15, -0.1) is 0 Å². The van der Waals surface area contributed by atoms with Crippen LogP contribution in [0, 0.1) is 0 Å². The van der Waals surface area contributed by atoms with Crippen LogP contribution in [-0.4, -0.2) is 36.4 Å². The van der Waals surface area contributed by atoms with Crippen LogP contribution in [0.4, 0.5) is 0 Å². The number of carbonyl (C=O) groups is 2. The molecule has 0 atom stereocenters. The molecule has 0 unspecified atom stereocenters. The van der Waals surface area contributed by atoms with Crippen LogP contribution in [0.15, 0.2) is 48.5 Å². The summed E-state index contributed by atoms with van der Waals surface area (Å²) in [6.07, 6.45) is 1.56. The summed E-state index contributed by atoms with van der Waals surface area (Å²) in [7, 11) is 0. The maximum Gasteiger partial charge on any atom is 0.251 e.